The van der Waals surface area contributed by atoms with Crippen LogP contribution in [0.2, 0.25) is 0 Å². The van der Waals surface area contributed by atoms with E-state index in [-0.39, 0.29) is 12.5 Å². The topological polar surface area (TPSA) is 50.4 Å². The summed E-state index contributed by atoms with van der Waals surface area (Å²) in [5, 5.41) is 5.94. The van der Waals surface area contributed by atoms with E-state index in [9.17, 15) is 4.79 Å². The van der Waals surface area contributed by atoms with E-state index in [2.05, 4.69) is 24.1 Å². The Morgan fingerprint density at radius 2 is 2.00 bits per heavy atom. The number of hydrogen-bond donors (Lipinski definition) is 2. The molecule has 0 heterocycles. The summed E-state index contributed by atoms with van der Waals surface area (Å²) in [6.07, 6.45) is 2.10. The predicted octanol–water partition coefficient (Wildman–Crippen LogP) is 2.97. The standard InChI is InChI=1S/C16H24N2O2/c1-4-5-10-17-16(19)11-18-14-6-8-15(9-7-14)20-12-13(2)3/h6-9,18H,2,4-5,10-12H2,1,3H3,(H,17,19). The van der Waals surface area contributed by atoms with Gasteiger partial charge in [-0.05, 0) is 43.2 Å². The molecule has 0 aliphatic heterocycles. The Morgan fingerprint density at radius 1 is 1.30 bits per heavy atom. The Kier molecular flexibility index (Phi) is 7.25. The lowest BCUT2D eigenvalue weighted by molar-refractivity contribution is -0.119. The molecule has 0 aliphatic rings. The van der Waals surface area contributed by atoms with Gasteiger partial charge in [-0.2, -0.15) is 0 Å². The minimum Gasteiger partial charge on any atom is -0.489 e. The molecule has 1 rings (SSSR count). The zero-order valence-electron chi connectivity index (χ0n) is 12.4. The third kappa shape index (κ3) is 6.83. The van der Waals surface area contributed by atoms with Crippen molar-refractivity contribution in [2.45, 2.75) is 26.7 Å². The van der Waals surface area contributed by atoms with Crippen LogP contribution in [-0.4, -0.2) is 25.6 Å². The molecule has 4 nitrogen and oxygen atoms in total. The fourth-order valence-corrected chi connectivity index (χ4v) is 1.52. The van der Waals surface area contributed by atoms with Crippen LogP contribution in [0.15, 0.2) is 36.4 Å². The van der Waals surface area contributed by atoms with Gasteiger partial charge in [-0.3, -0.25) is 4.79 Å². The van der Waals surface area contributed by atoms with Crippen LogP contribution in [0, 0.1) is 0 Å². The predicted molar refractivity (Wildman–Crippen MR) is 83.2 cm³/mol. The second-order valence-electron chi connectivity index (χ2n) is 4.83. The first-order valence-electron chi connectivity index (χ1n) is 6.99. The molecule has 20 heavy (non-hydrogen) atoms. The van der Waals surface area contributed by atoms with Crippen LogP contribution in [0.1, 0.15) is 26.7 Å². The quantitative estimate of drug-likeness (QED) is 0.538. The van der Waals surface area contributed by atoms with Crippen LogP contribution in [0.4, 0.5) is 5.69 Å². The Morgan fingerprint density at radius 3 is 2.60 bits per heavy atom. The summed E-state index contributed by atoms with van der Waals surface area (Å²) in [5.41, 5.74) is 1.88. The van der Waals surface area contributed by atoms with Crippen molar-refractivity contribution in [3.63, 3.8) is 0 Å². The summed E-state index contributed by atoms with van der Waals surface area (Å²) in [7, 11) is 0. The normalized spacial score (nSPS) is 9.90. The number of ether oxygens (including phenoxy) is 1. The summed E-state index contributed by atoms with van der Waals surface area (Å²) < 4.78 is 5.51. The zero-order valence-corrected chi connectivity index (χ0v) is 12.4. The zero-order chi connectivity index (χ0) is 14.8. The molecule has 2 N–H and O–H groups in total. The van der Waals surface area contributed by atoms with Gasteiger partial charge in [0, 0.05) is 12.2 Å². The van der Waals surface area contributed by atoms with Crippen molar-refractivity contribution in [1.29, 1.82) is 0 Å². The fraction of sp³-hybridized carbons (Fsp3) is 0.438. The summed E-state index contributed by atoms with van der Waals surface area (Å²) in [6, 6.07) is 7.54. The number of hydrogen-bond acceptors (Lipinski definition) is 3. The molecule has 0 saturated heterocycles. The number of amides is 1. The van der Waals surface area contributed by atoms with Crippen molar-refractivity contribution in [1.82, 2.24) is 5.32 Å². The molecule has 0 unspecified atom stereocenters. The summed E-state index contributed by atoms with van der Waals surface area (Å²) in [5.74, 6) is 0.812. The highest BCUT2D eigenvalue weighted by Gasteiger charge is 2.00. The highest BCUT2D eigenvalue weighted by atomic mass is 16.5. The van der Waals surface area contributed by atoms with Gasteiger partial charge in [-0.15, -0.1) is 0 Å². The van der Waals surface area contributed by atoms with Crippen molar-refractivity contribution in [2.75, 3.05) is 25.0 Å². The first-order chi connectivity index (χ1) is 9.61. The molecule has 0 radical (unpaired) electrons. The first-order valence-corrected chi connectivity index (χ1v) is 6.99. The minimum absolute atomic E-state index is 0.0149. The Hall–Kier alpha value is -1.97. The lowest BCUT2D eigenvalue weighted by Crippen LogP contribution is -2.30. The Balaban J connectivity index is 2.30. The first kappa shape index (κ1) is 16.1. The van der Waals surface area contributed by atoms with Crippen molar-refractivity contribution in [3.8, 4) is 5.75 Å². The maximum absolute atomic E-state index is 11.5. The van der Waals surface area contributed by atoms with Gasteiger partial charge in [-0.1, -0.05) is 19.9 Å². The van der Waals surface area contributed by atoms with Crippen molar-refractivity contribution in [3.05, 3.63) is 36.4 Å². The maximum atomic E-state index is 11.5. The molecule has 1 amide bonds. The van der Waals surface area contributed by atoms with Crippen LogP contribution in [0.25, 0.3) is 0 Å². The second-order valence-corrected chi connectivity index (χ2v) is 4.83. The SMILES string of the molecule is C=C(C)COc1ccc(NCC(=O)NCCCC)cc1. The molecule has 0 bridgehead atoms. The molecule has 1 aromatic carbocycles. The third-order valence-electron chi connectivity index (χ3n) is 2.65. The van der Waals surface area contributed by atoms with Crippen LogP contribution >= 0.6 is 0 Å². The average Bonchev–Trinajstić information content (AvgIpc) is 2.44. The third-order valence-corrected chi connectivity index (χ3v) is 2.65. The lowest BCUT2D eigenvalue weighted by Gasteiger charge is -2.09. The number of anilines is 1. The second kappa shape index (κ2) is 9.02. The smallest absolute Gasteiger partial charge is 0.239 e. The van der Waals surface area contributed by atoms with E-state index in [0.717, 1.165) is 36.4 Å². The average molecular weight is 276 g/mol. The highest BCUT2D eigenvalue weighted by molar-refractivity contribution is 5.80. The van der Waals surface area contributed by atoms with Crippen molar-refractivity contribution in [2.24, 2.45) is 0 Å². The van der Waals surface area contributed by atoms with E-state index in [0.29, 0.717) is 6.61 Å². The number of benzene rings is 1. The molecule has 110 valence electrons. The molecule has 0 aliphatic carbocycles. The fourth-order valence-electron chi connectivity index (χ4n) is 1.52. The van der Waals surface area contributed by atoms with Crippen LogP contribution < -0.4 is 15.4 Å². The molecule has 1 aromatic rings. The van der Waals surface area contributed by atoms with E-state index in [1.165, 1.54) is 0 Å². The van der Waals surface area contributed by atoms with E-state index >= 15 is 0 Å². The molecule has 0 atom stereocenters. The van der Waals surface area contributed by atoms with Gasteiger partial charge in [0.15, 0.2) is 0 Å². The summed E-state index contributed by atoms with van der Waals surface area (Å²) >= 11 is 0. The summed E-state index contributed by atoms with van der Waals surface area (Å²) in [4.78, 5) is 11.5. The van der Waals surface area contributed by atoms with Gasteiger partial charge in [0.1, 0.15) is 12.4 Å². The number of carbonyl (C=O) groups excluding carboxylic acids is 1. The molecule has 0 spiro atoms. The van der Waals surface area contributed by atoms with Gasteiger partial charge >= 0.3 is 0 Å². The Labute approximate surface area is 121 Å². The summed E-state index contributed by atoms with van der Waals surface area (Å²) in [6.45, 7) is 9.36. The van der Waals surface area contributed by atoms with Crippen molar-refractivity contribution >= 4 is 11.6 Å². The number of unbranched alkanes of at least 4 members (excludes halogenated alkanes) is 1. The molecule has 0 fully saturated rings. The molecule has 0 aromatic heterocycles. The minimum atomic E-state index is 0.0149. The van der Waals surface area contributed by atoms with E-state index in [1.54, 1.807) is 0 Å². The van der Waals surface area contributed by atoms with E-state index in [1.807, 2.05) is 31.2 Å². The maximum Gasteiger partial charge on any atom is 0.239 e. The van der Waals surface area contributed by atoms with E-state index in [4.69, 9.17) is 4.74 Å². The van der Waals surface area contributed by atoms with Crippen LogP contribution in [0.5, 0.6) is 5.75 Å². The largest absolute Gasteiger partial charge is 0.489 e. The van der Waals surface area contributed by atoms with Crippen LogP contribution in [-0.2, 0) is 4.79 Å². The molecular formula is C16H24N2O2. The van der Waals surface area contributed by atoms with Gasteiger partial charge in [0.05, 0.1) is 6.54 Å². The van der Waals surface area contributed by atoms with Crippen LogP contribution in [0.3, 0.4) is 0 Å². The van der Waals surface area contributed by atoms with Gasteiger partial charge in [0.25, 0.3) is 0 Å². The number of nitrogens with one attached hydrogen (secondary N) is 2. The Bertz CT molecular complexity index is 427. The number of carbonyl (C=O) groups is 1. The van der Waals surface area contributed by atoms with Gasteiger partial charge < -0.3 is 15.4 Å². The highest BCUT2D eigenvalue weighted by Crippen LogP contribution is 2.15. The lowest BCUT2D eigenvalue weighted by atomic mass is 10.3. The van der Waals surface area contributed by atoms with Crippen molar-refractivity contribution < 1.29 is 9.53 Å². The van der Waals surface area contributed by atoms with Gasteiger partial charge in [0.2, 0.25) is 5.91 Å². The van der Waals surface area contributed by atoms with E-state index < -0.39 is 0 Å². The number of rotatable bonds is 9. The molecule has 0 saturated carbocycles. The monoisotopic (exact) mass is 276 g/mol. The molecule has 4 heteroatoms. The van der Waals surface area contributed by atoms with Gasteiger partial charge in [-0.25, -0.2) is 0 Å². The molecular weight excluding hydrogens is 252 g/mol.